The Bertz CT molecular complexity index is 1680. The zero-order chi connectivity index (χ0) is 20.8. The summed E-state index contributed by atoms with van der Waals surface area (Å²) in [4.78, 5) is 14.9. The maximum atomic E-state index is 9.10. The number of fused-ring (bicyclic) bond motifs is 6. The molecule has 8 nitrogen and oxygen atoms in total. The van der Waals surface area contributed by atoms with E-state index in [1.807, 2.05) is 24.3 Å². The van der Waals surface area contributed by atoms with Crippen LogP contribution in [-0.4, -0.2) is 9.97 Å². The summed E-state index contributed by atoms with van der Waals surface area (Å²) >= 11 is 0. The average Bonchev–Trinajstić information content (AvgIpc) is 3.39. The predicted octanol–water partition coefficient (Wildman–Crippen LogP) is 3.38. The second-order valence-corrected chi connectivity index (χ2v) is 6.30. The van der Waals surface area contributed by atoms with Gasteiger partial charge in [0.2, 0.25) is 11.1 Å². The van der Waals surface area contributed by atoms with Crippen molar-refractivity contribution in [3.63, 3.8) is 0 Å². The van der Waals surface area contributed by atoms with Crippen molar-refractivity contribution in [1.82, 2.24) is 9.97 Å². The molecule has 5 aromatic rings. The van der Waals surface area contributed by atoms with Crippen molar-refractivity contribution in [1.29, 1.82) is 10.5 Å². The molecule has 3 aromatic carbocycles. The zero-order valence-corrected chi connectivity index (χ0v) is 15.0. The first-order valence-electron chi connectivity index (χ1n) is 8.53. The van der Waals surface area contributed by atoms with Gasteiger partial charge < -0.3 is 8.83 Å². The maximum Gasteiger partial charge on any atom is 0.322 e. The van der Waals surface area contributed by atoms with Crippen LogP contribution in [0.1, 0.15) is 0 Å². The fourth-order valence-electron chi connectivity index (χ4n) is 3.37. The number of nitriles is 2. The third-order valence-corrected chi connectivity index (χ3v) is 4.70. The van der Waals surface area contributed by atoms with Crippen molar-refractivity contribution in [2.75, 3.05) is 0 Å². The van der Waals surface area contributed by atoms with E-state index < -0.39 is 0 Å². The van der Waals surface area contributed by atoms with Crippen LogP contribution in [0, 0.1) is 35.8 Å². The van der Waals surface area contributed by atoms with Gasteiger partial charge in [0, 0.05) is 10.8 Å². The number of rotatable bonds is 0. The van der Waals surface area contributed by atoms with Gasteiger partial charge in [-0.15, -0.1) is 0 Å². The molecule has 2 aromatic heterocycles. The second-order valence-electron chi connectivity index (χ2n) is 6.30. The molecule has 0 saturated carbocycles. The molecule has 0 atom stereocenters. The van der Waals surface area contributed by atoms with Crippen LogP contribution in [0.3, 0.4) is 0 Å². The minimum Gasteiger partial charge on any atom is -0.446 e. The van der Waals surface area contributed by atoms with Gasteiger partial charge in [0.15, 0.2) is 11.2 Å². The van der Waals surface area contributed by atoms with Crippen molar-refractivity contribution in [3.05, 3.63) is 70.3 Å². The fourth-order valence-corrected chi connectivity index (χ4v) is 3.37. The summed E-state index contributed by atoms with van der Waals surface area (Å²) in [6.45, 7) is 14.2. The zero-order valence-electron chi connectivity index (χ0n) is 15.0. The van der Waals surface area contributed by atoms with Crippen LogP contribution in [0.15, 0.2) is 45.2 Å². The average molecular weight is 386 g/mol. The summed E-state index contributed by atoms with van der Waals surface area (Å²) < 4.78 is 11.3. The van der Waals surface area contributed by atoms with Crippen LogP contribution in [0.5, 0.6) is 0 Å². The van der Waals surface area contributed by atoms with Crippen molar-refractivity contribution in [2.45, 2.75) is 0 Å². The number of hydrogen-bond acceptors (Lipinski definition) is 6. The molecule has 2 heterocycles. The van der Waals surface area contributed by atoms with Crippen molar-refractivity contribution in [2.24, 2.45) is 0 Å². The number of hydrogen-bond donors (Lipinski definition) is 0. The predicted molar refractivity (Wildman–Crippen MR) is 107 cm³/mol. The van der Waals surface area contributed by atoms with Crippen LogP contribution < -0.4 is 11.1 Å². The van der Waals surface area contributed by atoms with Gasteiger partial charge in [0.25, 0.3) is 0 Å². The Morgan fingerprint density at radius 3 is 2.20 bits per heavy atom. The third-order valence-electron chi connectivity index (χ3n) is 4.70. The quantitative estimate of drug-likeness (QED) is 0.298. The molecule has 0 aliphatic rings. The molecule has 0 spiro atoms. The first-order valence-corrected chi connectivity index (χ1v) is 8.53. The molecular formula is C22H6N6O2. The molecule has 0 bridgehead atoms. The highest BCUT2D eigenvalue weighted by Gasteiger charge is 2.13. The SMILES string of the molecule is [C-]#[N+]/C(C#N)=c1/nc2c(ccc3cc4ccc5n/c(=C(\C#N)[N+]#[C-])oc5c4cc32)o1. The number of aromatic nitrogens is 2. The monoisotopic (exact) mass is 386 g/mol. The third kappa shape index (κ3) is 2.29. The lowest BCUT2D eigenvalue weighted by molar-refractivity contribution is 0.559. The van der Waals surface area contributed by atoms with E-state index in [2.05, 4.69) is 19.7 Å². The van der Waals surface area contributed by atoms with Gasteiger partial charge in [-0.3, -0.25) is 0 Å². The molecule has 5 rings (SSSR count). The Morgan fingerprint density at radius 2 is 1.50 bits per heavy atom. The van der Waals surface area contributed by atoms with Gasteiger partial charge in [-0.25, -0.2) is 30.2 Å². The molecule has 0 amide bonds. The van der Waals surface area contributed by atoms with Gasteiger partial charge in [-0.05, 0) is 35.0 Å². The largest absolute Gasteiger partial charge is 0.446 e. The number of nitrogens with zero attached hydrogens (tertiary/aromatic N) is 6. The Hall–Kier alpha value is -5.18. The first-order chi connectivity index (χ1) is 14.7. The molecule has 30 heavy (non-hydrogen) atoms. The molecule has 0 saturated heterocycles. The highest BCUT2D eigenvalue weighted by Crippen LogP contribution is 2.31. The topological polar surface area (TPSA) is 108 Å². The Kier molecular flexibility index (Phi) is 3.49. The van der Waals surface area contributed by atoms with Crippen LogP contribution in [0.2, 0.25) is 0 Å². The van der Waals surface area contributed by atoms with Gasteiger partial charge in [-0.1, -0.05) is 12.1 Å². The highest BCUT2D eigenvalue weighted by atomic mass is 16.3. The highest BCUT2D eigenvalue weighted by molar-refractivity contribution is 6.14. The van der Waals surface area contributed by atoms with E-state index in [-0.39, 0.29) is 22.5 Å². The Morgan fingerprint density at radius 1 is 0.833 bits per heavy atom. The summed E-state index contributed by atoms with van der Waals surface area (Å²) in [6.07, 6.45) is 0. The molecule has 0 N–H and O–H groups in total. The van der Waals surface area contributed by atoms with Crippen LogP contribution >= 0.6 is 0 Å². The lowest BCUT2D eigenvalue weighted by Gasteiger charge is -2.03. The van der Waals surface area contributed by atoms with Crippen molar-refractivity contribution >= 4 is 55.1 Å². The van der Waals surface area contributed by atoms with E-state index in [0.717, 1.165) is 21.5 Å². The van der Waals surface area contributed by atoms with E-state index in [1.54, 1.807) is 24.3 Å². The second kappa shape index (κ2) is 6.17. The van der Waals surface area contributed by atoms with Gasteiger partial charge >= 0.3 is 11.4 Å². The smallest absolute Gasteiger partial charge is 0.322 e. The van der Waals surface area contributed by atoms with Crippen molar-refractivity contribution < 1.29 is 8.83 Å². The molecule has 0 radical (unpaired) electrons. The Labute approximate surface area is 167 Å². The maximum absolute atomic E-state index is 9.10. The molecule has 0 fully saturated rings. The van der Waals surface area contributed by atoms with Gasteiger partial charge in [0.1, 0.15) is 11.0 Å². The molecular weight excluding hydrogens is 380 g/mol. The minimum absolute atomic E-state index is 0.0256. The van der Waals surface area contributed by atoms with E-state index in [9.17, 15) is 0 Å². The standard InChI is InChI=1S/C22H6N6O2/c1-25-16(9-23)21-27-15-5-3-12-7-11-4-6-18-19(13(11)8-14(12)20(15)30-21)28-22(29-18)17(10-24)26-2/h3-8H/b21-16-,22-17-. The van der Waals surface area contributed by atoms with E-state index in [1.165, 1.54) is 0 Å². The lowest BCUT2D eigenvalue weighted by atomic mass is 10.0. The summed E-state index contributed by atoms with van der Waals surface area (Å²) in [5, 5.41) is 21.4. The molecule has 8 heteroatoms. The van der Waals surface area contributed by atoms with Crippen LogP contribution in [0.25, 0.3) is 64.8 Å². The molecule has 0 unspecified atom stereocenters. The lowest BCUT2D eigenvalue weighted by Crippen LogP contribution is -2.02. The number of oxazole rings is 2. The van der Waals surface area contributed by atoms with E-state index in [0.29, 0.717) is 22.2 Å². The van der Waals surface area contributed by atoms with E-state index >= 15 is 0 Å². The van der Waals surface area contributed by atoms with Crippen LogP contribution in [-0.2, 0) is 0 Å². The summed E-state index contributed by atoms with van der Waals surface area (Å²) in [5.41, 5.74) is 1.45. The minimum atomic E-state index is -0.221. The Balaban J connectivity index is 1.95. The summed E-state index contributed by atoms with van der Waals surface area (Å²) in [7, 11) is 0. The molecule has 0 aliphatic heterocycles. The molecule has 0 aliphatic carbocycles. The van der Waals surface area contributed by atoms with E-state index in [4.69, 9.17) is 32.5 Å². The van der Waals surface area contributed by atoms with Gasteiger partial charge in [0.05, 0.1) is 25.3 Å². The molecule has 136 valence electrons. The normalized spacial score (nSPS) is 12.9. The van der Waals surface area contributed by atoms with Gasteiger partial charge in [-0.2, -0.15) is 0 Å². The number of benzene rings is 3. The summed E-state index contributed by atoms with van der Waals surface area (Å²) in [5.74, 6) is 0. The van der Waals surface area contributed by atoms with Crippen molar-refractivity contribution in [3.8, 4) is 12.1 Å². The fraction of sp³-hybridized carbons (Fsp3) is 0. The van der Waals surface area contributed by atoms with Crippen LogP contribution in [0.4, 0.5) is 0 Å². The first kappa shape index (κ1) is 17.0. The summed E-state index contributed by atoms with van der Waals surface area (Å²) in [6, 6.07) is 14.7.